The van der Waals surface area contributed by atoms with Gasteiger partial charge < -0.3 is 9.47 Å². The van der Waals surface area contributed by atoms with E-state index in [2.05, 4.69) is 0 Å². The summed E-state index contributed by atoms with van der Waals surface area (Å²) in [4.78, 5) is 0. The number of rotatable bonds is 4. The van der Waals surface area contributed by atoms with Crippen molar-refractivity contribution in [3.63, 3.8) is 0 Å². The summed E-state index contributed by atoms with van der Waals surface area (Å²) in [6, 6.07) is 14.2. The summed E-state index contributed by atoms with van der Waals surface area (Å²) >= 11 is 2.21. The van der Waals surface area contributed by atoms with Crippen LogP contribution in [0.1, 0.15) is 0 Å². The molecule has 1 fully saturated rings. The van der Waals surface area contributed by atoms with Gasteiger partial charge in [-0.2, -0.15) is 0 Å². The highest BCUT2D eigenvalue weighted by molar-refractivity contribution is 9.39. The van der Waals surface area contributed by atoms with E-state index < -0.39 is 11.1 Å². The molecule has 0 aromatic heterocycles. The highest BCUT2D eigenvalue weighted by Gasteiger charge is 2.53. The normalized spacial score (nSPS) is 27.0. The summed E-state index contributed by atoms with van der Waals surface area (Å²) in [5.74, 6) is 1.42. The predicted molar refractivity (Wildman–Crippen MR) is 95.7 cm³/mol. The van der Waals surface area contributed by atoms with Crippen LogP contribution >= 0.6 is 33.1 Å². The summed E-state index contributed by atoms with van der Waals surface area (Å²) in [6.45, 7) is 0. The van der Waals surface area contributed by atoms with Crippen LogP contribution < -0.4 is 20.1 Å². The molecule has 2 aromatic carbocycles. The van der Waals surface area contributed by atoms with Crippen molar-refractivity contribution >= 4 is 43.7 Å². The molecule has 0 amide bonds. The molecule has 1 aliphatic rings. The second-order valence-corrected chi connectivity index (χ2v) is 19.4. The average Bonchev–Trinajstić information content (AvgIpc) is 2.53. The third kappa shape index (κ3) is 2.85. The standard InChI is InChI=1S/C14H14O4P2S2/c1-17-11-3-7-13(8-4-11)19(15)21-20(16,22-19)14-9-5-12(18-2)6-10-14/h3-10H,1-2H3. The first kappa shape index (κ1) is 16.1. The summed E-state index contributed by atoms with van der Waals surface area (Å²) in [5.41, 5.74) is -5.40. The lowest BCUT2D eigenvalue weighted by molar-refractivity contribution is 0.415. The van der Waals surface area contributed by atoms with E-state index in [1.165, 1.54) is 0 Å². The van der Waals surface area contributed by atoms with Crippen LogP contribution in [0.25, 0.3) is 0 Å². The van der Waals surface area contributed by atoms with Crippen LogP contribution in [0.2, 0.25) is 0 Å². The molecule has 0 N–H and O–H groups in total. The second-order valence-electron chi connectivity index (χ2n) is 4.55. The van der Waals surface area contributed by atoms with Gasteiger partial charge in [0.2, 0.25) is 11.1 Å². The molecule has 0 aliphatic carbocycles. The minimum absolute atomic E-state index is 0.711. The van der Waals surface area contributed by atoms with Crippen molar-refractivity contribution in [3.8, 4) is 11.5 Å². The third-order valence-corrected chi connectivity index (χ3v) is 26.0. The molecular formula is C14H14O4P2S2. The Labute approximate surface area is 136 Å². The highest BCUT2D eigenvalue weighted by atomic mass is 33.6. The van der Waals surface area contributed by atoms with Gasteiger partial charge in [0.15, 0.2) is 0 Å². The Morgan fingerprint density at radius 2 is 1.00 bits per heavy atom. The minimum Gasteiger partial charge on any atom is -0.497 e. The molecule has 2 aromatic rings. The molecule has 22 heavy (non-hydrogen) atoms. The lowest BCUT2D eigenvalue weighted by Crippen LogP contribution is -2.09. The molecule has 0 radical (unpaired) electrons. The maximum absolute atomic E-state index is 12.9. The van der Waals surface area contributed by atoms with E-state index in [-0.39, 0.29) is 0 Å². The fourth-order valence-corrected chi connectivity index (χ4v) is 25.3. The van der Waals surface area contributed by atoms with Crippen LogP contribution in [0.15, 0.2) is 48.5 Å². The van der Waals surface area contributed by atoms with E-state index in [1.54, 1.807) is 62.8 Å². The summed E-state index contributed by atoms with van der Waals surface area (Å²) in [5, 5.41) is 1.42. The maximum Gasteiger partial charge on any atom is 0.235 e. The van der Waals surface area contributed by atoms with E-state index in [9.17, 15) is 9.13 Å². The van der Waals surface area contributed by atoms with Crippen molar-refractivity contribution in [2.24, 2.45) is 0 Å². The molecule has 1 heterocycles. The Morgan fingerprint density at radius 1 is 0.682 bits per heavy atom. The van der Waals surface area contributed by atoms with Crippen LogP contribution in [-0.2, 0) is 9.13 Å². The number of benzene rings is 2. The van der Waals surface area contributed by atoms with Crippen molar-refractivity contribution in [2.75, 3.05) is 14.2 Å². The molecule has 0 saturated carbocycles. The van der Waals surface area contributed by atoms with Gasteiger partial charge in [-0.3, -0.25) is 9.13 Å². The Hall–Kier alpha value is -0.800. The smallest absolute Gasteiger partial charge is 0.235 e. The first-order chi connectivity index (χ1) is 10.5. The highest BCUT2D eigenvalue weighted by Crippen LogP contribution is 3.03. The molecule has 8 heteroatoms. The van der Waals surface area contributed by atoms with Gasteiger partial charge in [0.05, 0.1) is 14.2 Å². The van der Waals surface area contributed by atoms with Crippen LogP contribution in [0.3, 0.4) is 0 Å². The zero-order valence-electron chi connectivity index (χ0n) is 12.0. The maximum atomic E-state index is 12.9. The predicted octanol–water partition coefficient (Wildman–Crippen LogP) is 4.52. The number of methoxy groups -OCH3 is 2. The third-order valence-electron chi connectivity index (χ3n) is 3.21. The van der Waals surface area contributed by atoms with Crippen LogP contribution in [0.5, 0.6) is 11.5 Å². The van der Waals surface area contributed by atoms with E-state index >= 15 is 0 Å². The average molecular weight is 372 g/mol. The Balaban J connectivity index is 1.81. The molecule has 0 unspecified atom stereocenters. The molecular weight excluding hydrogens is 358 g/mol. The van der Waals surface area contributed by atoms with E-state index in [0.29, 0.717) is 22.1 Å². The zero-order valence-corrected chi connectivity index (χ0v) is 15.4. The Kier molecular flexibility index (Phi) is 4.39. The molecule has 1 aliphatic heterocycles. The van der Waals surface area contributed by atoms with Crippen molar-refractivity contribution in [1.82, 2.24) is 0 Å². The topological polar surface area (TPSA) is 52.6 Å². The molecule has 3 rings (SSSR count). The van der Waals surface area contributed by atoms with Crippen LogP contribution in [0.4, 0.5) is 0 Å². The first-order valence-corrected chi connectivity index (χ1v) is 13.9. The lowest BCUT2D eigenvalue weighted by Gasteiger charge is -2.33. The van der Waals surface area contributed by atoms with Gasteiger partial charge in [0.25, 0.3) is 0 Å². The zero-order chi connectivity index (χ0) is 15.8. The van der Waals surface area contributed by atoms with Crippen LogP contribution in [0, 0.1) is 0 Å². The van der Waals surface area contributed by atoms with Gasteiger partial charge in [0, 0.05) is 10.6 Å². The van der Waals surface area contributed by atoms with E-state index in [1.807, 2.05) is 0 Å². The van der Waals surface area contributed by atoms with Gasteiger partial charge in [-0.25, -0.2) is 0 Å². The Morgan fingerprint density at radius 3 is 1.27 bits per heavy atom. The van der Waals surface area contributed by atoms with Crippen LogP contribution in [-0.4, -0.2) is 14.2 Å². The van der Waals surface area contributed by atoms with E-state index in [4.69, 9.17) is 9.47 Å². The van der Waals surface area contributed by atoms with Crippen molar-refractivity contribution in [3.05, 3.63) is 48.5 Å². The monoisotopic (exact) mass is 372 g/mol. The Bertz CT molecular complexity index is 695. The van der Waals surface area contributed by atoms with Gasteiger partial charge in [0.1, 0.15) is 11.5 Å². The lowest BCUT2D eigenvalue weighted by atomic mass is 10.3. The SMILES string of the molecule is COc1ccc(P2(=O)SP(=O)(c3ccc(OC)cc3)S2)cc1. The van der Waals surface area contributed by atoms with Gasteiger partial charge in [-0.05, 0) is 70.5 Å². The molecule has 1 saturated heterocycles. The molecule has 116 valence electrons. The second kappa shape index (κ2) is 6.01. The van der Waals surface area contributed by atoms with Gasteiger partial charge in [-0.15, -0.1) is 0 Å². The first-order valence-electron chi connectivity index (χ1n) is 6.41. The van der Waals surface area contributed by atoms with Crippen molar-refractivity contribution in [1.29, 1.82) is 0 Å². The van der Waals surface area contributed by atoms with E-state index in [0.717, 1.165) is 22.0 Å². The molecule has 4 nitrogen and oxygen atoms in total. The summed E-state index contributed by atoms with van der Waals surface area (Å²) in [6.07, 6.45) is 0. The largest absolute Gasteiger partial charge is 0.497 e. The molecule has 0 spiro atoms. The summed E-state index contributed by atoms with van der Waals surface area (Å²) < 4.78 is 35.9. The number of hydrogen-bond donors (Lipinski definition) is 0. The minimum atomic E-state index is -2.70. The number of ether oxygens (including phenoxy) is 2. The van der Waals surface area contributed by atoms with Gasteiger partial charge in [-0.1, -0.05) is 0 Å². The van der Waals surface area contributed by atoms with Crippen molar-refractivity contribution < 1.29 is 18.6 Å². The molecule has 0 atom stereocenters. The fourth-order valence-electron chi connectivity index (χ4n) is 2.01. The quantitative estimate of drug-likeness (QED) is 0.736. The number of hydrogen-bond acceptors (Lipinski definition) is 6. The molecule has 0 bridgehead atoms. The van der Waals surface area contributed by atoms with Gasteiger partial charge >= 0.3 is 0 Å². The van der Waals surface area contributed by atoms with Crippen molar-refractivity contribution in [2.45, 2.75) is 0 Å². The fraction of sp³-hybridized carbons (Fsp3) is 0.143. The summed E-state index contributed by atoms with van der Waals surface area (Å²) in [7, 11) is 3.17.